The lowest BCUT2D eigenvalue weighted by Crippen LogP contribution is -2.40. The van der Waals surface area contributed by atoms with Gasteiger partial charge in [-0.15, -0.1) is 0 Å². The van der Waals surface area contributed by atoms with Gasteiger partial charge in [0, 0.05) is 29.7 Å². The Bertz CT molecular complexity index is 607. The van der Waals surface area contributed by atoms with Gasteiger partial charge in [0.1, 0.15) is 5.60 Å². The van der Waals surface area contributed by atoms with E-state index in [4.69, 9.17) is 9.47 Å². The Morgan fingerprint density at radius 2 is 1.92 bits per heavy atom. The molecule has 1 saturated heterocycles. The van der Waals surface area contributed by atoms with Gasteiger partial charge in [-0.3, -0.25) is 4.79 Å². The highest BCUT2D eigenvalue weighted by molar-refractivity contribution is 9.10. The molecule has 0 aliphatic carbocycles. The monoisotopic (exact) mass is 398 g/mol. The standard InChI is InChI=1S/C17H23BrN2O4/c1-17(2,3)24-16(22)19-11-12-8-13(10-14(18)9-12)15(21)20-4-6-23-7-5-20/h8-10H,4-7,11H2,1-3H3,(H,19,22). The van der Waals surface area contributed by atoms with Crippen molar-refractivity contribution in [2.75, 3.05) is 26.3 Å². The quantitative estimate of drug-likeness (QED) is 0.849. The maximum absolute atomic E-state index is 12.6. The average molecular weight is 399 g/mol. The van der Waals surface area contributed by atoms with Gasteiger partial charge in [-0.05, 0) is 44.5 Å². The number of hydrogen-bond donors (Lipinski definition) is 1. The van der Waals surface area contributed by atoms with Crippen molar-refractivity contribution in [1.82, 2.24) is 10.2 Å². The molecule has 1 aromatic rings. The predicted octanol–water partition coefficient (Wildman–Crippen LogP) is 2.95. The van der Waals surface area contributed by atoms with E-state index in [-0.39, 0.29) is 12.5 Å². The summed E-state index contributed by atoms with van der Waals surface area (Å²) in [6, 6.07) is 5.45. The fraction of sp³-hybridized carbons (Fsp3) is 0.529. The molecule has 0 atom stereocenters. The number of benzene rings is 1. The van der Waals surface area contributed by atoms with Crippen molar-refractivity contribution in [2.24, 2.45) is 0 Å². The second-order valence-corrected chi connectivity index (χ2v) is 7.52. The summed E-state index contributed by atoms with van der Waals surface area (Å²) in [5.41, 5.74) is 0.873. The van der Waals surface area contributed by atoms with Crippen LogP contribution in [0.25, 0.3) is 0 Å². The normalized spacial score (nSPS) is 15.1. The van der Waals surface area contributed by atoms with E-state index in [1.54, 1.807) is 17.0 Å². The van der Waals surface area contributed by atoms with Crippen LogP contribution in [0, 0.1) is 0 Å². The van der Waals surface area contributed by atoms with Crippen molar-refractivity contribution < 1.29 is 19.1 Å². The van der Waals surface area contributed by atoms with E-state index in [1.165, 1.54) is 0 Å². The van der Waals surface area contributed by atoms with Crippen LogP contribution < -0.4 is 5.32 Å². The van der Waals surface area contributed by atoms with Gasteiger partial charge in [0.05, 0.1) is 13.2 Å². The molecule has 2 rings (SSSR count). The SMILES string of the molecule is CC(C)(C)OC(=O)NCc1cc(Br)cc(C(=O)N2CCOCC2)c1. The molecule has 6 nitrogen and oxygen atoms in total. The molecule has 24 heavy (non-hydrogen) atoms. The molecule has 0 radical (unpaired) electrons. The van der Waals surface area contributed by atoms with Crippen molar-refractivity contribution >= 4 is 27.9 Å². The van der Waals surface area contributed by atoms with Crippen LogP contribution in [-0.4, -0.2) is 48.8 Å². The van der Waals surface area contributed by atoms with Gasteiger partial charge in [0.25, 0.3) is 5.91 Å². The van der Waals surface area contributed by atoms with Crippen molar-refractivity contribution in [3.8, 4) is 0 Å². The lowest BCUT2D eigenvalue weighted by Gasteiger charge is -2.27. The van der Waals surface area contributed by atoms with Crippen LogP contribution in [0.3, 0.4) is 0 Å². The van der Waals surface area contributed by atoms with E-state index in [0.717, 1.165) is 10.0 Å². The number of carbonyl (C=O) groups excluding carboxylic acids is 2. The molecule has 1 fully saturated rings. The van der Waals surface area contributed by atoms with Gasteiger partial charge in [-0.1, -0.05) is 15.9 Å². The number of amides is 2. The molecule has 1 aliphatic rings. The number of nitrogens with zero attached hydrogens (tertiary/aromatic N) is 1. The maximum Gasteiger partial charge on any atom is 0.407 e. The highest BCUT2D eigenvalue weighted by Gasteiger charge is 2.20. The van der Waals surface area contributed by atoms with Crippen molar-refractivity contribution in [3.63, 3.8) is 0 Å². The predicted molar refractivity (Wildman–Crippen MR) is 93.9 cm³/mol. The third-order valence-corrected chi connectivity index (χ3v) is 3.80. The molecule has 0 unspecified atom stereocenters. The van der Waals surface area contributed by atoms with Crippen LogP contribution in [0.2, 0.25) is 0 Å². The Hall–Kier alpha value is -1.60. The molecule has 0 spiro atoms. The van der Waals surface area contributed by atoms with E-state index >= 15 is 0 Å². The smallest absolute Gasteiger partial charge is 0.407 e. The van der Waals surface area contributed by atoms with E-state index in [0.29, 0.717) is 31.9 Å². The van der Waals surface area contributed by atoms with Crippen LogP contribution in [-0.2, 0) is 16.0 Å². The molecule has 2 amide bonds. The Balaban J connectivity index is 2.02. The molecule has 7 heteroatoms. The number of rotatable bonds is 3. The Morgan fingerprint density at radius 1 is 1.25 bits per heavy atom. The highest BCUT2D eigenvalue weighted by Crippen LogP contribution is 2.18. The molecule has 1 aromatic carbocycles. The number of carbonyl (C=O) groups is 2. The van der Waals surface area contributed by atoms with Crippen LogP contribution in [0.15, 0.2) is 22.7 Å². The topological polar surface area (TPSA) is 67.9 Å². The largest absolute Gasteiger partial charge is 0.444 e. The second-order valence-electron chi connectivity index (χ2n) is 6.61. The number of morpholine rings is 1. The van der Waals surface area contributed by atoms with Crippen LogP contribution in [0.1, 0.15) is 36.7 Å². The summed E-state index contributed by atoms with van der Waals surface area (Å²) in [4.78, 5) is 26.1. The number of halogens is 1. The summed E-state index contributed by atoms with van der Waals surface area (Å²) in [7, 11) is 0. The third kappa shape index (κ3) is 5.79. The van der Waals surface area contributed by atoms with Crippen molar-refractivity contribution in [3.05, 3.63) is 33.8 Å². The minimum atomic E-state index is -0.543. The fourth-order valence-electron chi connectivity index (χ4n) is 2.31. The summed E-state index contributed by atoms with van der Waals surface area (Å²) in [5, 5.41) is 2.70. The minimum Gasteiger partial charge on any atom is -0.444 e. The molecule has 1 N–H and O–H groups in total. The summed E-state index contributed by atoms with van der Waals surface area (Å²) >= 11 is 3.42. The number of ether oxygens (including phenoxy) is 2. The van der Waals surface area contributed by atoms with Gasteiger partial charge in [-0.25, -0.2) is 4.79 Å². The minimum absolute atomic E-state index is 0.0295. The summed E-state index contributed by atoms with van der Waals surface area (Å²) in [6.45, 7) is 8.03. The highest BCUT2D eigenvalue weighted by atomic mass is 79.9. The summed E-state index contributed by atoms with van der Waals surface area (Å²) in [5.74, 6) is -0.0295. The first kappa shape index (κ1) is 18.7. The summed E-state index contributed by atoms with van der Waals surface area (Å²) < 4.78 is 11.3. The summed E-state index contributed by atoms with van der Waals surface area (Å²) in [6.07, 6.45) is -0.483. The lowest BCUT2D eigenvalue weighted by molar-refractivity contribution is 0.0303. The van der Waals surface area contributed by atoms with Gasteiger partial charge < -0.3 is 19.7 Å². The van der Waals surface area contributed by atoms with E-state index in [9.17, 15) is 9.59 Å². The van der Waals surface area contributed by atoms with E-state index in [2.05, 4.69) is 21.2 Å². The van der Waals surface area contributed by atoms with Gasteiger partial charge >= 0.3 is 6.09 Å². The van der Waals surface area contributed by atoms with E-state index in [1.807, 2.05) is 26.8 Å². The molecule has 132 valence electrons. The van der Waals surface area contributed by atoms with Crippen LogP contribution in [0.4, 0.5) is 4.79 Å². The molecule has 0 bridgehead atoms. The van der Waals surface area contributed by atoms with Crippen molar-refractivity contribution in [1.29, 1.82) is 0 Å². The first-order valence-corrected chi connectivity index (χ1v) is 8.67. The molecule has 1 heterocycles. The van der Waals surface area contributed by atoms with Crippen molar-refractivity contribution in [2.45, 2.75) is 32.9 Å². The van der Waals surface area contributed by atoms with Crippen LogP contribution in [0.5, 0.6) is 0 Å². The maximum atomic E-state index is 12.6. The zero-order valence-electron chi connectivity index (χ0n) is 14.2. The molecule has 0 aromatic heterocycles. The molecular formula is C17H23BrN2O4. The third-order valence-electron chi connectivity index (χ3n) is 3.34. The van der Waals surface area contributed by atoms with Gasteiger partial charge in [-0.2, -0.15) is 0 Å². The fourth-order valence-corrected chi connectivity index (χ4v) is 2.85. The first-order chi connectivity index (χ1) is 11.2. The Kier molecular flexibility index (Phi) is 6.23. The molecule has 1 aliphatic heterocycles. The van der Waals surface area contributed by atoms with Gasteiger partial charge in [0.15, 0.2) is 0 Å². The first-order valence-electron chi connectivity index (χ1n) is 7.88. The number of nitrogens with one attached hydrogen (secondary N) is 1. The molecular weight excluding hydrogens is 376 g/mol. The van der Waals surface area contributed by atoms with Crippen LogP contribution >= 0.6 is 15.9 Å². The average Bonchev–Trinajstić information content (AvgIpc) is 2.51. The Morgan fingerprint density at radius 3 is 2.54 bits per heavy atom. The molecule has 0 saturated carbocycles. The zero-order valence-corrected chi connectivity index (χ0v) is 15.8. The number of hydrogen-bond acceptors (Lipinski definition) is 4. The second kappa shape index (κ2) is 7.98. The lowest BCUT2D eigenvalue weighted by atomic mass is 10.1. The number of alkyl carbamates (subject to hydrolysis) is 1. The van der Waals surface area contributed by atoms with E-state index < -0.39 is 11.7 Å². The zero-order chi connectivity index (χ0) is 17.7. The van der Waals surface area contributed by atoms with Gasteiger partial charge in [0.2, 0.25) is 0 Å². The Labute approximate surface area is 150 Å².